The van der Waals surface area contributed by atoms with E-state index in [0.29, 0.717) is 5.92 Å². The quantitative estimate of drug-likeness (QED) is 0.742. The summed E-state index contributed by atoms with van der Waals surface area (Å²) in [6.45, 7) is 6.89. The van der Waals surface area contributed by atoms with Crippen LogP contribution < -0.4 is 0 Å². The van der Waals surface area contributed by atoms with Gasteiger partial charge in [-0.2, -0.15) is 0 Å². The minimum absolute atomic E-state index is 0.0268. The maximum atomic E-state index is 12.7. The third kappa shape index (κ3) is 1.61. The topological polar surface area (TPSA) is 59.7 Å². The van der Waals surface area contributed by atoms with Gasteiger partial charge in [-0.15, -0.1) is 0 Å². The van der Waals surface area contributed by atoms with Crippen LogP contribution in [0.4, 0.5) is 0 Å². The Morgan fingerprint density at radius 2 is 2.04 bits per heavy atom. The van der Waals surface area contributed by atoms with E-state index in [1.54, 1.807) is 6.26 Å². The van der Waals surface area contributed by atoms with Gasteiger partial charge in [0.05, 0.1) is 18.3 Å². The zero-order valence-electron chi connectivity index (χ0n) is 14.6. The summed E-state index contributed by atoms with van der Waals surface area (Å²) in [4.78, 5) is 12.7. The van der Waals surface area contributed by atoms with Gasteiger partial charge in [-0.25, -0.2) is 0 Å². The fourth-order valence-corrected chi connectivity index (χ4v) is 7.11. The van der Waals surface area contributed by atoms with Gasteiger partial charge in [0.15, 0.2) is 0 Å². The predicted octanol–water partition coefficient (Wildman–Crippen LogP) is 3.28. The van der Waals surface area contributed by atoms with Crippen LogP contribution in [0.25, 0.3) is 0 Å². The third-order valence-corrected chi connectivity index (χ3v) is 7.87. The Morgan fingerprint density at radius 1 is 1.25 bits per heavy atom. The van der Waals surface area contributed by atoms with Crippen molar-refractivity contribution in [3.63, 3.8) is 0 Å². The summed E-state index contributed by atoms with van der Waals surface area (Å²) >= 11 is 0. The summed E-state index contributed by atoms with van der Waals surface area (Å²) in [5.74, 6) is 1.13. The number of ether oxygens (including phenoxy) is 1. The molecule has 4 heteroatoms. The van der Waals surface area contributed by atoms with Crippen LogP contribution in [0, 0.1) is 28.6 Å². The summed E-state index contributed by atoms with van der Waals surface area (Å²) in [5.41, 5.74) is 1.08. The largest absolute Gasteiger partial charge is 0.469 e. The summed E-state index contributed by atoms with van der Waals surface area (Å²) < 4.78 is 11.5. The standard InChI is InChI=1S/C20H26O4/c1-19(2)6-4-7-20(3)11-9-12-10(5-8-23-12)13-14(11)16(24-18(13)22)15(21)17(19)20/h5,8,11,13-17,21H,4,6-7,9H2,1-3H3/t11?,13-,14?,15+,16-,17?,20-/m1/s1. The number of aliphatic hydroxyl groups excluding tert-OH is 1. The van der Waals surface area contributed by atoms with Gasteiger partial charge in [0.25, 0.3) is 0 Å². The molecule has 0 radical (unpaired) electrons. The van der Waals surface area contributed by atoms with Crippen molar-refractivity contribution in [1.29, 1.82) is 0 Å². The molecule has 4 nitrogen and oxygen atoms in total. The molecule has 2 heterocycles. The van der Waals surface area contributed by atoms with Gasteiger partial charge in [-0.3, -0.25) is 4.79 Å². The highest BCUT2D eigenvalue weighted by Crippen LogP contribution is 2.66. The number of fused-ring (bicyclic) bond motifs is 4. The van der Waals surface area contributed by atoms with Crippen LogP contribution in [-0.2, 0) is 16.0 Å². The Labute approximate surface area is 142 Å². The molecular formula is C20H26O4. The number of rotatable bonds is 0. The van der Waals surface area contributed by atoms with Crippen LogP contribution in [0.2, 0.25) is 0 Å². The summed E-state index contributed by atoms with van der Waals surface area (Å²) in [5, 5.41) is 11.2. The first kappa shape index (κ1) is 15.0. The van der Waals surface area contributed by atoms with Gasteiger partial charge >= 0.3 is 5.97 Å². The zero-order chi connectivity index (χ0) is 16.9. The fourth-order valence-electron chi connectivity index (χ4n) is 7.11. The maximum Gasteiger partial charge on any atom is 0.314 e. The summed E-state index contributed by atoms with van der Waals surface area (Å²) in [6, 6.07) is 1.92. The van der Waals surface area contributed by atoms with Crippen LogP contribution in [0.3, 0.4) is 0 Å². The molecule has 0 aromatic carbocycles. The van der Waals surface area contributed by atoms with E-state index in [1.807, 2.05) is 6.07 Å². The van der Waals surface area contributed by atoms with E-state index >= 15 is 0 Å². The Balaban J connectivity index is 1.69. The SMILES string of the molecule is CC1(C)CCC[C@]2(C)C3Cc4occc4[C@H]4C(=O)O[C@H](C34)[C@H](O)C12. The average Bonchev–Trinajstić information content (AvgIpc) is 3.08. The highest BCUT2D eigenvalue weighted by molar-refractivity contribution is 5.82. The van der Waals surface area contributed by atoms with Gasteiger partial charge < -0.3 is 14.3 Å². The van der Waals surface area contributed by atoms with Gasteiger partial charge in [0.1, 0.15) is 11.9 Å². The molecule has 5 rings (SSSR count). The molecule has 1 aromatic rings. The number of carbonyl (C=O) groups excluding carboxylic acids is 1. The molecule has 3 unspecified atom stereocenters. The number of hydrogen-bond acceptors (Lipinski definition) is 4. The second kappa shape index (κ2) is 4.46. The number of hydrogen-bond donors (Lipinski definition) is 1. The lowest BCUT2D eigenvalue weighted by Gasteiger charge is -2.62. The van der Waals surface area contributed by atoms with Crippen molar-refractivity contribution in [2.45, 2.75) is 64.6 Å². The van der Waals surface area contributed by atoms with Gasteiger partial charge in [-0.05, 0) is 41.6 Å². The van der Waals surface area contributed by atoms with Crippen molar-refractivity contribution in [2.24, 2.45) is 28.6 Å². The lowest BCUT2D eigenvalue weighted by atomic mass is 9.42. The monoisotopic (exact) mass is 330 g/mol. The maximum absolute atomic E-state index is 12.7. The number of aliphatic hydroxyl groups is 1. The highest BCUT2D eigenvalue weighted by atomic mass is 16.6. The lowest BCUT2D eigenvalue weighted by Crippen LogP contribution is -2.63. The van der Waals surface area contributed by atoms with Crippen LogP contribution in [0.5, 0.6) is 0 Å². The molecule has 1 N–H and O–H groups in total. The minimum atomic E-state index is -0.561. The number of carbonyl (C=O) groups is 1. The Morgan fingerprint density at radius 3 is 2.83 bits per heavy atom. The van der Waals surface area contributed by atoms with Crippen LogP contribution in [-0.4, -0.2) is 23.3 Å². The molecule has 130 valence electrons. The van der Waals surface area contributed by atoms with Crippen LogP contribution >= 0.6 is 0 Å². The third-order valence-electron chi connectivity index (χ3n) is 7.87. The Bertz CT molecular complexity index is 704. The molecule has 2 saturated carbocycles. The molecule has 0 spiro atoms. The number of esters is 1. The lowest BCUT2D eigenvalue weighted by molar-refractivity contribution is -0.203. The van der Waals surface area contributed by atoms with Crippen molar-refractivity contribution >= 4 is 5.97 Å². The average molecular weight is 330 g/mol. The molecule has 0 bridgehead atoms. The van der Waals surface area contributed by atoms with Crippen molar-refractivity contribution in [2.75, 3.05) is 0 Å². The molecule has 0 amide bonds. The normalized spacial score (nSPS) is 48.2. The second-order valence-corrected chi connectivity index (χ2v) is 9.38. The van der Waals surface area contributed by atoms with E-state index in [2.05, 4.69) is 20.8 Å². The first-order valence-corrected chi connectivity index (χ1v) is 9.29. The minimum Gasteiger partial charge on any atom is -0.469 e. The van der Waals surface area contributed by atoms with Gasteiger partial charge in [-0.1, -0.05) is 27.2 Å². The molecule has 3 aliphatic carbocycles. The van der Waals surface area contributed by atoms with E-state index in [1.165, 1.54) is 6.42 Å². The highest BCUT2D eigenvalue weighted by Gasteiger charge is 2.68. The molecule has 1 aliphatic heterocycles. The summed E-state index contributed by atoms with van der Waals surface area (Å²) in [7, 11) is 0. The number of furan rings is 1. The van der Waals surface area contributed by atoms with Crippen molar-refractivity contribution in [3.05, 3.63) is 23.7 Å². The molecule has 1 aromatic heterocycles. The fraction of sp³-hybridized carbons (Fsp3) is 0.750. The van der Waals surface area contributed by atoms with Gasteiger partial charge in [0, 0.05) is 17.9 Å². The Hall–Kier alpha value is -1.29. The van der Waals surface area contributed by atoms with Crippen molar-refractivity contribution < 1.29 is 19.1 Å². The van der Waals surface area contributed by atoms with E-state index in [4.69, 9.17) is 9.15 Å². The molecule has 1 saturated heterocycles. The first-order valence-electron chi connectivity index (χ1n) is 9.29. The smallest absolute Gasteiger partial charge is 0.314 e. The van der Waals surface area contributed by atoms with Crippen LogP contribution in [0.15, 0.2) is 16.7 Å². The van der Waals surface area contributed by atoms with E-state index in [0.717, 1.165) is 30.6 Å². The molecule has 4 aliphatic rings. The first-order chi connectivity index (χ1) is 11.3. The van der Waals surface area contributed by atoms with Crippen LogP contribution in [0.1, 0.15) is 57.3 Å². The Kier molecular flexibility index (Phi) is 2.79. The molecule has 24 heavy (non-hydrogen) atoms. The molecule has 3 fully saturated rings. The van der Waals surface area contributed by atoms with Crippen molar-refractivity contribution in [3.8, 4) is 0 Å². The van der Waals surface area contributed by atoms with Crippen molar-refractivity contribution in [1.82, 2.24) is 0 Å². The second-order valence-electron chi connectivity index (χ2n) is 9.38. The molecule has 7 atom stereocenters. The van der Waals surface area contributed by atoms with E-state index in [9.17, 15) is 9.90 Å². The van der Waals surface area contributed by atoms with E-state index < -0.39 is 6.10 Å². The molecular weight excluding hydrogens is 304 g/mol. The van der Waals surface area contributed by atoms with Gasteiger partial charge in [0.2, 0.25) is 0 Å². The van der Waals surface area contributed by atoms with E-state index in [-0.39, 0.29) is 40.7 Å². The summed E-state index contributed by atoms with van der Waals surface area (Å²) in [6.07, 6.45) is 5.07. The predicted molar refractivity (Wildman–Crippen MR) is 87.2 cm³/mol. The zero-order valence-corrected chi connectivity index (χ0v) is 14.6.